The van der Waals surface area contributed by atoms with E-state index >= 15 is 0 Å². The number of fused-ring (bicyclic) bond motifs is 2. The minimum absolute atomic E-state index is 0.154. The summed E-state index contributed by atoms with van der Waals surface area (Å²) in [6.45, 7) is 2.04. The number of nitrogens with zero attached hydrogens (tertiary/aromatic N) is 4. The lowest BCUT2D eigenvalue weighted by molar-refractivity contribution is -0.113. The van der Waals surface area contributed by atoms with E-state index in [4.69, 9.17) is 4.74 Å². The highest BCUT2D eigenvalue weighted by molar-refractivity contribution is 7.99. The van der Waals surface area contributed by atoms with Gasteiger partial charge in [-0.05, 0) is 55.0 Å². The average Bonchev–Trinajstić information content (AvgIpc) is 3.63. The predicted octanol–water partition coefficient (Wildman–Crippen LogP) is 6.07. The molecule has 1 amide bonds. The van der Waals surface area contributed by atoms with Crippen molar-refractivity contribution in [1.82, 2.24) is 24.7 Å². The van der Waals surface area contributed by atoms with E-state index in [1.165, 1.54) is 23.1 Å². The molecule has 0 aliphatic carbocycles. The second-order valence-corrected chi connectivity index (χ2v) is 10.4. The maximum atomic E-state index is 12.8. The minimum Gasteiger partial charge on any atom is -0.497 e. The van der Waals surface area contributed by atoms with Gasteiger partial charge >= 0.3 is 0 Å². The number of thiazole rings is 1. The Morgan fingerprint density at radius 1 is 1.11 bits per heavy atom. The molecule has 3 aromatic carbocycles. The Balaban J connectivity index is 1.29. The number of benzene rings is 3. The van der Waals surface area contributed by atoms with Gasteiger partial charge in [-0.2, -0.15) is 0 Å². The van der Waals surface area contributed by atoms with E-state index in [9.17, 15) is 4.79 Å². The number of aromatic amines is 1. The smallest absolute Gasteiger partial charge is 0.236 e. The Morgan fingerprint density at radius 3 is 2.78 bits per heavy atom. The van der Waals surface area contributed by atoms with E-state index in [0.717, 1.165) is 43.7 Å². The van der Waals surface area contributed by atoms with Crippen molar-refractivity contribution in [2.75, 3.05) is 18.2 Å². The van der Waals surface area contributed by atoms with Gasteiger partial charge in [0.15, 0.2) is 16.1 Å². The number of aromatic nitrogens is 5. The summed E-state index contributed by atoms with van der Waals surface area (Å²) in [4.78, 5) is 20.7. The number of anilines is 1. The van der Waals surface area contributed by atoms with Crippen molar-refractivity contribution in [1.29, 1.82) is 0 Å². The van der Waals surface area contributed by atoms with Crippen LogP contribution in [0.5, 0.6) is 5.75 Å². The minimum atomic E-state index is -0.154. The lowest BCUT2D eigenvalue weighted by atomic mass is 10.1. The first-order valence-electron chi connectivity index (χ1n) is 11.6. The fourth-order valence-corrected chi connectivity index (χ4v) is 5.86. The molecule has 0 aliphatic heterocycles. The monoisotopic (exact) mass is 526 g/mol. The lowest BCUT2D eigenvalue weighted by Crippen LogP contribution is -2.14. The maximum Gasteiger partial charge on any atom is 0.236 e. The molecule has 184 valence electrons. The summed E-state index contributed by atoms with van der Waals surface area (Å²) >= 11 is 2.79. The van der Waals surface area contributed by atoms with Crippen molar-refractivity contribution in [2.45, 2.75) is 12.1 Å². The van der Waals surface area contributed by atoms with Crippen LogP contribution in [0.2, 0.25) is 0 Å². The van der Waals surface area contributed by atoms with Crippen molar-refractivity contribution in [3.63, 3.8) is 0 Å². The van der Waals surface area contributed by atoms with E-state index in [1.54, 1.807) is 7.11 Å². The van der Waals surface area contributed by atoms with E-state index in [2.05, 4.69) is 31.5 Å². The number of para-hydroxylation sites is 1. The SMILES string of the molecule is COc1ccc(-n2c(SCC(=O)Nc3nc4ccc(C)cc4s3)nnc2-c2c[nH]c3ccccc23)cc1. The van der Waals surface area contributed by atoms with Crippen LogP contribution in [0.1, 0.15) is 5.56 Å². The number of rotatable bonds is 7. The van der Waals surface area contributed by atoms with Crippen LogP contribution in [0.25, 0.3) is 38.2 Å². The molecule has 6 aromatic rings. The standard InChI is InChI=1S/C27H22N6O2S2/c1-16-7-12-22-23(13-16)37-26(29-22)30-24(34)15-36-27-32-31-25(20-14-28-21-6-4-3-5-19(20)21)33(27)17-8-10-18(35-2)11-9-17/h3-14,28H,15H2,1-2H3,(H,29,30,34). The first-order valence-corrected chi connectivity index (χ1v) is 13.4. The summed E-state index contributed by atoms with van der Waals surface area (Å²) in [7, 11) is 1.64. The normalized spacial score (nSPS) is 11.3. The summed E-state index contributed by atoms with van der Waals surface area (Å²) in [6.07, 6.45) is 1.94. The summed E-state index contributed by atoms with van der Waals surface area (Å²) in [5.41, 5.74) is 4.85. The Kier molecular flexibility index (Phi) is 6.11. The van der Waals surface area contributed by atoms with Gasteiger partial charge in [-0.3, -0.25) is 9.36 Å². The number of carbonyl (C=O) groups is 1. The topological polar surface area (TPSA) is 97.7 Å². The molecule has 6 rings (SSSR count). The number of amides is 1. The highest BCUT2D eigenvalue weighted by Crippen LogP contribution is 2.33. The fraction of sp³-hybridized carbons (Fsp3) is 0.111. The average molecular weight is 527 g/mol. The number of nitrogens with one attached hydrogen (secondary N) is 2. The number of methoxy groups -OCH3 is 1. The summed E-state index contributed by atoms with van der Waals surface area (Å²) in [5.74, 6) is 1.45. The van der Waals surface area contributed by atoms with E-state index < -0.39 is 0 Å². The number of hydrogen-bond acceptors (Lipinski definition) is 7. The molecule has 0 saturated heterocycles. The Morgan fingerprint density at radius 2 is 1.95 bits per heavy atom. The number of carbonyl (C=O) groups excluding carboxylic acids is 1. The van der Waals surface area contributed by atoms with Gasteiger partial charge in [-0.25, -0.2) is 4.98 Å². The molecule has 37 heavy (non-hydrogen) atoms. The second-order valence-electron chi connectivity index (χ2n) is 8.41. The van der Waals surface area contributed by atoms with Crippen molar-refractivity contribution >= 4 is 55.3 Å². The van der Waals surface area contributed by atoms with Crippen LogP contribution >= 0.6 is 23.1 Å². The summed E-state index contributed by atoms with van der Waals surface area (Å²) in [5, 5.41) is 14.2. The lowest BCUT2D eigenvalue weighted by Gasteiger charge is -2.11. The largest absolute Gasteiger partial charge is 0.497 e. The molecular formula is C27H22N6O2S2. The van der Waals surface area contributed by atoms with E-state index in [0.29, 0.717) is 16.1 Å². The molecule has 0 aliphatic rings. The molecule has 0 fully saturated rings. The number of hydrogen-bond donors (Lipinski definition) is 2. The maximum absolute atomic E-state index is 12.8. The van der Waals surface area contributed by atoms with Gasteiger partial charge < -0.3 is 15.0 Å². The van der Waals surface area contributed by atoms with Gasteiger partial charge in [-0.1, -0.05) is 47.4 Å². The molecule has 0 bridgehead atoms. The Hall–Kier alpha value is -4.15. The third kappa shape index (κ3) is 4.56. The number of aryl methyl sites for hydroxylation is 1. The van der Waals surface area contributed by atoms with Gasteiger partial charge in [0.05, 0.1) is 23.1 Å². The van der Waals surface area contributed by atoms with Crippen LogP contribution in [0.4, 0.5) is 5.13 Å². The van der Waals surface area contributed by atoms with Gasteiger partial charge in [0.2, 0.25) is 5.91 Å². The van der Waals surface area contributed by atoms with Crippen molar-refractivity contribution in [3.05, 3.63) is 78.5 Å². The Labute approximate surface area is 220 Å². The second kappa shape index (κ2) is 9.72. The Bertz CT molecular complexity index is 1740. The van der Waals surface area contributed by atoms with Crippen LogP contribution in [0, 0.1) is 6.92 Å². The van der Waals surface area contributed by atoms with Gasteiger partial charge in [0.25, 0.3) is 0 Å². The third-order valence-electron chi connectivity index (χ3n) is 5.92. The van der Waals surface area contributed by atoms with Gasteiger partial charge in [0, 0.05) is 28.4 Å². The molecule has 3 heterocycles. The first kappa shape index (κ1) is 23.3. The molecule has 0 spiro atoms. The molecule has 0 saturated carbocycles. The van der Waals surface area contributed by atoms with Crippen LogP contribution in [0.3, 0.4) is 0 Å². The van der Waals surface area contributed by atoms with Crippen molar-refractivity contribution in [2.24, 2.45) is 0 Å². The summed E-state index contributed by atoms with van der Waals surface area (Å²) in [6, 6.07) is 21.8. The number of H-pyrrole nitrogens is 1. The first-order chi connectivity index (χ1) is 18.1. The zero-order chi connectivity index (χ0) is 25.4. The van der Waals surface area contributed by atoms with Crippen LogP contribution in [-0.2, 0) is 4.79 Å². The highest BCUT2D eigenvalue weighted by Gasteiger charge is 2.20. The van der Waals surface area contributed by atoms with Crippen LogP contribution < -0.4 is 10.1 Å². The molecule has 10 heteroatoms. The zero-order valence-corrected chi connectivity index (χ0v) is 21.7. The molecule has 2 N–H and O–H groups in total. The van der Waals surface area contributed by atoms with Gasteiger partial charge in [-0.15, -0.1) is 10.2 Å². The number of ether oxygens (including phenoxy) is 1. The van der Waals surface area contributed by atoms with Crippen molar-refractivity contribution < 1.29 is 9.53 Å². The number of thioether (sulfide) groups is 1. The third-order valence-corrected chi connectivity index (χ3v) is 7.78. The molecule has 3 aromatic heterocycles. The molecule has 8 nitrogen and oxygen atoms in total. The quantitative estimate of drug-likeness (QED) is 0.245. The summed E-state index contributed by atoms with van der Waals surface area (Å²) < 4.78 is 8.34. The highest BCUT2D eigenvalue weighted by atomic mass is 32.2. The zero-order valence-electron chi connectivity index (χ0n) is 20.1. The van der Waals surface area contributed by atoms with Gasteiger partial charge in [0.1, 0.15) is 5.75 Å². The molecule has 0 atom stereocenters. The molecular weight excluding hydrogens is 504 g/mol. The molecule has 0 radical (unpaired) electrons. The van der Waals surface area contributed by atoms with Crippen LogP contribution in [-0.4, -0.2) is 43.5 Å². The predicted molar refractivity (Wildman–Crippen MR) is 149 cm³/mol. The molecule has 0 unspecified atom stereocenters. The fourth-order valence-electron chi connectivity index (χ4n) is 4.13. The van der Waals surface area contributed by atoms with Crippen molar-refractivity contribution in [3.8, 4) is 22.8 Å². The van der Waals surface area contributed by atoms with E-state index in [1.807, 2.05) is 78.4 Å². The van der Waals surface area contributed by atoms with E-state index in [-0.39, 0.29) is 11.7 Å². The van der Waals surface area contributed by atoms with Crippen LogP contribution in [0.15, 0.2) is 78.1 Å².